The fourth-order valence-corrected chi connectivity index (χ4v) is 3.28. The number of carbonyl (C=O) groups excluding carboxylic acids is 1. The second-order valence-electron chi connectivity index (χ2n) is 5.63. The first kappa shape index (κ1) is 13.7. The number of alkyl halides is 3. The van der Waals surface area contributed by atoms with Crippen LogP contribution in [0.15, 0.2) is 0 Å². The molecule has 1 aliphatic heterocycles. The summed E-state index contributed by atoms with van der Waals surface area (Å²) in [4.78, 5) is 13.8. The molecule has 0 aromatic carbocycles. The van der Waals surface area contributed by atoms with Crippen molar-refractivity contribution in [1.82, 2.24) is 4.90 Å². The zero-order valence-electron chi connectivity index (χ0n) is 10.7. The Morgan fingerprint density at radius 2 is 1.78 bits per heavy atom. The molecular formula is C13H20F3NO. The van der Waals surface area contributed by atoms with Gasteiger partial charge in [0.15, 0.2) is 0 Å². The van der Waals surface area contributed by atoms with Crippen LogP contribution in [0.3, 0.4) is 0 Å². The normalized spacial score (nSPS) is 28.4. The van der Waals surface area contributed by atoms with E-state index in [9.17, 15) is 18.0 Å². The molecule has 0 aromatic rings. The Labute approximate surface area is 106 Å². The van der Waals surface area contributed by atoms with E-state index < -0.39 is 17.5 Å². The molecule has 0 aromatic heterocycles. The standard InChI is InChI=1S/C13H20F3NO/c1-10-6-5-9-17(10)11(18)12(13(14,15)16)7-3-2-4-8-12/h10H,2-9H2,1H3. The first-order valence-corrected chi connectivity index (χ1v) is 6.76. The highest BCUT2D eigenvalue weighted by Gasteiger charge is 2.61. The van der Waals surface area contributed by atoms with E-state index in [0.717, 1.165) is 19.3 Å². The maximum absolute atomic E-state index is 13.4. The number of rotatable bonds is 1. The van der Waals surface area contributed by atoms with Crippen molar-refractivity contribution in [2.45, 2.75) is 64.1 Å². The molecule has 18 heavy (non-hydrogen) atoms. The predicted molar refractivity (Wildman–Crippen MR) is 62.0 cm³/mol. The molecule has 1 unspecified atom stereocenters. The lowest BCUT2D eigenvalue weighted by atomic mass is 9.72. The fraction of sp³-hybridized carbons (Fsp3) is 0.923. The molecular weight excluding hydrogens is 243 g/mol. The average Bonchev–Trinajstić information content (AvgIpc) is 2.74. The minimum absolute atomic E-state index is 0.0292. The first-order chi connectivity index (χ1) is 8.38. The van der Waals surface area contributed by atoms with Crippen molar-refractivity contribution in [2.75, 3.05) is 6.54 Å². The molecule has 5 heteroatoms. The zero-order valence-corrected chi connectivity index (χ0v) is 10.7. The highest BCUT2D eigenvalue weighted by molar-refractivity contribution is 5.84. The number of hydrogen-bond acceptors (Lipinski definition) is 1. The summed E-state index contributed by atoms with van der Waals surface area (Å²) in [6.45, 7) is 2.33. The van der Waals surface area contributed by atoms with Crippen LogP contribution in [0.25, 0.3) is 0 Å². The number of amides is 1. The Balaban J connectivity index is 2.26. The Kier molecular flexibility index (Phi) is 3.60. The molecule has 2 nitrogen and oxygen atoms in total. The number of nitrogens with zero attached hydrogens (tertiary/aromatic N) is 1. The fourth-order valence-electron chi connectivity index (χ4n) is 3.28. The summed E-state index contributed by atoms with van der Waals surface area (Å²) in [7, 11) is 0. The summed E-state index contributed by atoms with van der Waals surface area (Å²) in [5, 5.41) is 0. The van der Waals surface area contributed by atoms with Crippen LogP contribution in [-0.4, -0.2) is 29.6 Å². The van der Waals surface area contributed by atoms with Crippen LogP contribution in [0.2, 0.25) is 0 Å². The van der Waals surface area contributed by atoms with Gasteiger partial charge in [0.1, 0.15) is 5.41 Å². The lowest BCUT2D eigenvalue weighted by molar-refractivity contribution is -0.235. The third kappa shape index (κ3) is 2.12. The van der Waals surface area contributed by atoms with Crippen LogP contribution in [0.5, 0.6) is 0 Å². The highest BCUT2D eigenvalue weighted by atomic mass is 19.4. The van der Waals surface area contributed by atoms with Crippen LogP contribution in [0.4, 0.5) is 13.2 Å². The SMILES string of the molecule is CC1CCCN1C(=O)C1(C(F)(F)F)CCCCC1. The molecule has 0 N–H and O–H groups in total. The predicted octanol–water partition coefficient (Wildman–Crippen LogP) is 3.51. The summed E-state index contributed by atoms with van der Waals surface area (Å²) in [6.07, 6.45) is -1.01. The van der Waals surface area contributed by atoms with Gasteiger partial charge in [0.25, 0.3) is 0 Å². The van der Waals surface area contributed by atoms with E-state index >= 15 is 0 Å². The van der Waals surface area contributed by atoms with Gasteiger partial charge in [0.05, 0.1) is 0 Å². The van der Waals surface area contributed by atoms with Crippen molar-refractivity contribution in [3.8, 4) is 0 Å². The van der Waals surface area contributed by atoms with Gasteiger partial charge in [-0.05, 0) is 32.6 Å². The maximum Gasteiger partial charge on any atom is 0.403 e. The van der Waals surface area contributed by atoms with Crippen molar-refractivity contribution < 1.29 is 18.0 Å². The van der Waals surface area contributed by atoms with Crippen LogP contribution >= 0.6 is 0 Å². The number of hydrogen-bond donors (Lipinski definition) is 0. The first-order valence-electron chi connectivity index (χ1n) is 6.76. The highest BCUT2D eigenvalue weighted by Crippen LogP contribution is 2.50. The van der Waals surface area contributed by atoms with Crippen LogP contribution in [0, 0.1) is 5.41 Å². The lowest BCUT2D eigenvalue weighted by Gasteiger charge is -2.41. The Hall–Kier alpha value is -0.740. The Bertz CT molecular complexity index is 321. The topological polar surface area (TPSA) is 20.3 Å². The van der Waals surface area contributed by atoms with E-state index in [2.05, 4.69) is 0 Å². The van der Waals surface area contributed by atoms with E-state index in [4.69, 9.17) is 0 Å². The van der Waals surface area contributed by atoms with Gasteiger partial charge < -0.3 is 4.90 Å². The van der Waals surface area contributed by atoms with E-state index in [1.807, 2.05) is 6.92 Å². The van der Waals surface area contributed by atoms with Gasteiger partial charge in [-0.2, -0.15) is 13.2 Å². The molecule has 104 valence electrons. The molecule has 2 aliphatic rings. The summed E-state index contributed by atoms with van der Waals surface area (Å²) < 4.78 is 40.1. The number of likely N-dealkylation sites (tertiary alicyclic amines) is 1. The number of halogens is 3. The molecule has 0 spiro atoms. The summed E-state index contributed by atoms with van der Waals surface area (Å²) in [6, 6.07) is -0.0429. The summed E-state index contributed by atoms with van der Waals surface area (Å²) >= 11 is 0. The van der Waals surface area contributed by atoms with Gasteiger partial charge in [-0.3, -0.25) is 4.79 Å². The molecule has 1 saturated carbocycles. The smallest absolute Gasteiger partial charge is 0.339 e. The molecule has 1 saturated heterocycles. The number of carbonyl (C=O) groups is 1. The Morgan fingerprint density at radius 3 is 2.22 bits per heavy atom. The third-order valence-electron chi connectivity index (χ3n) is 4.47. The summed E-state index contributed by atoms with van der Waals surface area (Å²) in [5.74, 6) is -0.667. The molecule has 2 rings (SSSR count). The van der Waals surface area contributed by atoms with E-state index in [1.54, 1.807) is 0 Å². The van der Waals surface area contributed by atoms with Crippen molar-refractivity contribution in [1.29, 1.82) is 0 Å². The van der Waals surface area contributed by atoms with Gasteiger partial charge in [0, 0.05) is 12.6 Å². The molecule has 1 aliphatic carbocycles. The lowest BCUT2D eigenvalue weighted by Crippen LogP contribution is -2.54. The van der Waals surface area contributed by atoms with E-state index in [1.165, 1.54) is 4.90 Å². The van der Waals surface area contributed by atoms with Gasteiger partial charge >= 0.3 is 6.18 Å². The molecule has 1 heterocycles. The molecule has 1 amide bonds. The minimum atomic E-state index is -4.41. The van der Waals surface area contributed by atoms with E-state index in [-0.39, 0.29) is 18.9 Å². The van der Waals surface area contributed by atoms with Crippen molar-refractivity contribution in [3.05, 3.63) is 0 Å². The third-order valence-corrected chi connectivity index (χ3v) is 4.47. The molecule has 1 atom stereocenters. The van der Waals surface area contributed by atoms with Gasteiger partial charge in [0.2, 0.25) is 5.91 Å². The van der Waals surface area contributed by atoms with Crippen LogP contribution in [0.1, 0.15) is 51.9 Å². The average molecular weight is 263 g/mol. The van der Waals surface area contributed by atoms with Gasteiger partial charge in [-0.1, -0.05) is 19.3 Å². The van der Waals surface area contributed by atoms with Crippen molar-refractivity contribution in [2.24, 2.45) is 5.41 Å². The second-order valence-corrected chi connectivity index (χ2v) is 5.63. The van der Waals surface area contributed by atoms with Crippen molar-refractivity contribution >= 4 is 5.91 Å². The molecule has 0 bridgehead atoms. The van der Waals surface area contributed by atoms with Crippen molar-refractivity contribution in [3.63, 3.8) is 0 Å². The minimum Gasteiger partial charge on any atom is -0.339 e. The van der Waals surface area contributed by atoms with E-state index in [0.29, 0.717) is 19.4 Å². The van der Waals surface area contributed by atoms with Gasteiger partial charge in [-0.15, -0.1) is 0 Å². The second kappa shape index (κ2) is 4.74. The Morgan fingerprint density at radius 1 is 1.17 bits per heavy atom. The summed E-state index contributed by atoms with van der Waals surface area (Å²) in [5.41, 5.74) is -2.09. The molecule has 0 radical (unpaired) electrons. The molecule has 2 fully saturated rings. The van der Waals surface area contributed by atoms with Crippen LogP contribution < -0.4 is 0 Å². The quantitative estimate of drug-likeness (QED) is 0.709. The van der Waals surface area contributed by atoms with Gasteiger partial charge in [-0.25, -0.2) is 0 Å². The largest absolute Gasteiger partial charge is 0.403 e. The zero-order chi connectivity index (χ0) is 13.4. The maximum atomic E-state index is 13.4. The monoisotopic (exact) mass is 263 g/mol. The van der Waals surface area contributed by atoms with Crippen LogP contribution in [-0.2, 0) is 4.79 Å².